The molecule has 0 aromatic carbocycles. The van der Waals surface area contributed by atoms with E-state index in [2.05, 4.69) is 4.90 Å². The highest BCUT2D eigenvalue weighted by atomic mass is 32.2. The number of hydrogen-bond donors (Lipinski definition) is 0. The normalized spacial score (nSPS) is 18.5. The Bertz CT molecular complexity index is 512. The lowest BCUT2D eigenvalue weighted by Crippen LogP contribution is -2.47. The number of nitrogens with zero attached hydrogens (tertiary/aromatic N) is 2. The summed E-state index contributed by atoms with van der Waals surface area (Å²) < 4.78 is 22.9. The molecule has 1 amide bonds. The smallest absolute Gasteiger partial charge is 0.227 e. The van der Waals surface area contributed by atoms with Crippen molar-refractivity contribution in [1.29, 1.82) is 0 Å². The average Bonchev–Trinajstić information content (AvgIpc) is 2.35. The van der Waals surface area contributed by atoms with Crippen molar-refractivity contribution in [3.8, 4) is 0 Å². The van der Waals surface area contributed by atoms with Gasteiger partial charge in [-0.25, -0.2) is 8.42 Å². The van der Waals surface area contributed by atoms with Crippen molar-refractivity contribution in [2.75, 3.05) is 39.5 Å². The lowest BCUT2D eigenvalue weighted by molar-refractivity contribution is -0.140. The van der Waals surface area contributed by atoms with Crippen LogP contribution >= 0.6 is 0 Å². The van der Waals surface area contributed by atoms with E-state index < -0.39 is 14.6 Å². The summed E-state index contributed by atoms with van der Waals surface area (Å²) in [5, 5.41) is 0. The highest BCUT2D eigenvalue weighted by Crippen LogP contribution is 2.25. The van der Waals surface area contributed by atoms with Crippen LogP contribution in [0.5, 0.6) is 0 Å². The van der Waals surface area contributed by atoms with Crippen LogP contribution in [0.15, 0.2) is 0 Å². The van der Waals surface area contributed by atoms with Gasteiger partial charge in [0.2, 0.25) is 5.91 Å². The van der Waals surface area contributed by atoms with E-state index in [9.17, 15) is 13.2 Å². The predicted octanol–water partition coefficient (Wildman–Crippen LogP) is 2.03. The highest BCUT2D eigenvalue weighted by Gasteiger charge is 2.33. The van der Waals surface area contributed by atoms with Crippen molar-refractivity contribution in [2.24, 2.45) is 11.3 Å². The number of amides is 1. The number of sulfone groups is 1. The third kappa shape index (κ3) is 5.75. The summed E-state index contributed by atoms with van der Waals surface area (Å²) in [6, 6.07) is 0. The molecule has 0 bridgehead atoms. The Balaban J connectivity index is 2.49. The first kappa shape index (κ1) is 20.4. The number of likely N-dealkylation sites (tertiary alicyclic amines) is 1. The Hall–Kier alpha value is -0.620. The topological polar surface area (TPSA) is 57.7 Å². The summed E-state index contributed by atoms with van der Waals surface area (Å²) in [6.45, 7) is 12.5. The van der Waals surface area contributed by atoms with Crippen LogP contribution in [0.4, 0.5) is 0 Å². The van der Waals surface area contributed by atoms with E-state index in [1.165, 1.54) is 6.26 Å². The monoisotopic (exact) mass is 346 g/mol. The molecule has 0 atom stereocenters. The number of hydrogen-bond acceptors (Lipinski definition) is 4. The summed E-state index contributed by atoms with van der Waals surface area (Å²) in [7, 11) is -1.08. The molecule has 136 valence electrons. The molecule has 0 N–H and O–H groups in total. The highest BCUT2D eigenvalue weighted by molar-refractivity contribution is 7.92. The number of carbonyl (C=O) groups excluding carboxylic acids is 1. The fourth-order valence-electron chi connectivity index (χ4n) is 3.07. The van der Waals surface area contributed by atoms with Crippen LogP contribution in [-0.4, -0.2) is 68.4 Å². The molecule has 1 aliphatic heterocycles. The minimum Gasteiger partial charge on any atom is -0.342 e. The van der Waals surface area contributed by atoms with Crippen LogP contribution in [0.3, 0.4) is 0 Å². The fourth-order valence-corrected chi connectivity index (χ4v) is 3.52. The molecule has 1 fully saturated rings. The molecule has 0 saturated carbocycles. The molecule has 5 nitrogen and oxygen atoms in total. The fraction of sp³-hybridized carbons (Fsp3) is 0.941. The first-order valence-corrected chi connectivity index (χ1v) is 10.3. The molecule has 1 saturated heterocycles. The third-order valence-corrected chi connectivity index (χ3v) is 6.90. The zero-order valence-corrected chi connectivity index (χ0v) is 16.7. The van der Waals surface area contributed by atoms with Gasteiger partial charge in [0, 0.05) is 37.8 Å². The molecule has 0 spiro atoms. The van der Waals surface area contributed by atoms with Gasteiger partial charge >= 0.3 is 0 Å². The second-order valence-corrected chi connectivity index (χ2v) is 11.4. The Morgan fingerprint density at radius 1 is 1.13 bits per heavy atom. The molecular formula is C17H34N2O3S. The second kappa shape index (κ2) is 7.09. The largest absolute Gasteiger partial charge is 0.342 e. The van der Waals surface area contributed by atoms with E-state index in [4.69, 9.17) is 0 Å². The van der Waals surface area contributed by atoms with E-state index in [0.717, 1.165) is 32.5 Å². The van der Waals surface area contributed by atoms with Gasteiger partial charge in [-0.05, 0) is 39.7 Å². The van der Waals surface area contributed by atoms with Gasteiger partial charge in [-0.1, -0.05) is 20.8 Å². The zero-order chi connectivity index (χ0) is 18.1. The van der Waals surface area contributed by atoms with Gasteiger partial charge in [-0.15, -0.1) is 0 Å². The summed E-state index contributed by atoms with van der Waals surface area (Å²) in [5.41, 5.74) is -0.316. The van der Waals surface area contributed by atoms with Crippen molar-refractivity contribution in [3.05, 3.63) is 0 Å². The van der Waals surface area contributed by atoms with Crippen LogP contribution in [-0.2, 0) is 14.6 Å². The first-order valence-electron chi connectivity index (χ1n) is 8.41. The van der Waals surface area contributed by atoms with Gasteiger partial charge < -0.3 is 9.80 Å². The summed E-state index contributed by atoms with van der Waals surface area (Å²) >= 11 is 0. The quantitative estimate of drug-likeness (QED) is 0.764. The maximum Gasteiger partial charge on any atom is 0.227 e. The van der Waals surface area contributed by atoms with Gasteiger partial charge in [0.25, 0.3) is 0 Å². The van der Waals surface area contributed by atoms with Crippen molar-refractivity contribution in [2.45, 2.75) is 52.2 Å². The van der Waals surface area contributed by atoms with Gasteiger partial charge in [-0.3, -0.25) is 4.79 Å². The molecule has 23 heavy (non-hydrogen) atoms. The molecule has 0 aromatic heterocycles. The van der Waals surface area contributed by atoms with E-state index in [1.54, 1.807) is 13.8 Å². The second-order valence-electron chi connectivity index (χ2n) is 8.71. The Morgan fingerprint density at radius 3 is 2.00 bits per heavy atom. The molecule has 0 unspecified atom stereocenters. The lowest BCUT2D eigenvalue weighted by atomic mass is 9.91. The summed E-state index contributed by atoms with van der Waals surface area (Å²) in [4.78, 5) is 16.4. The maximum absolute atomic E-state index is 12.3. The maximum atomic E-state index is 12.3. The van der Waals surface area contributed by atoms with Crippen molar-refractivity contribution in [1.82, 2.24) is 9.80 Å². The zero-order valence-electron chi connectivity index (χ0n) is 15.8. The van der Waals surface area contributed by atoms with E-state index in [1.807, 2.05) is 32.7 Å². The first-order chi connectivity index (χ1) is 10.2. The standard InChI is InChI=1S/C17H34N2O3S/c1-16(2,3)15(20)19-10-8-14(9-11-19)12-18(6)13-17(4,5)23(7,21)22/h14H,8-13H2,1-7H3. The minimum atomic E-state index is -3.07. The molecule has 1 aliphatic rings. The van der Waals surface area contributed by atoms with E-state index >= 15 is 0 Å². The van der Waals surface area contributed by atoms with Crippen LogP contribution in [0.2, 0.25) is 0 Å². The van der Waals surface area contributed by atoms with Gasteiger partial charge in [0.05, 0.1) is 4.75 Å². The van der Waals surface area contributed by atoms with E-state index in [0.29, 0.717) is 12.5 Å². The molecular weight excluding hydrogens is 312 g/mol. The molecule has 0 aromatic rings. The molecule has 1 heterocycles. The van der Waals surface area contributed by atoms with Crippen molar-refractivity contribution >= 4 is 15.7 Å². The summed E-state index contributed by atoms with van der Waals surface area (Å²) in [5.74, 6) is 0.752. The minimum absolute atomic E-state index is 0.225. The average molecular weight is 347 g/mol. The van der Waals surface area contributed by atoms with Crippen LogP contribution < -0.4 is 0 Å². The Kier molecular flexibility index (Phi) is 6.30. The molecule has 0 aliphatic carbocycles. The molecule has 0 radical (unpaired) electrons. The number of carbonyl (C=O) groups is 1. The van der Waals surface area contributed by atoms with Crippen LogP contribution in [0, 0.1) is 11.3 Å². The number of piperidine rings is 1. The SMILES string of the molecule is CN(CC1CCN(C(=O)C(C)(C)C)CC1)CC(C)(C)S(C)(=O)=O. The molecule has 1 rings (SSSR count). The Labute approximate surface area is 142 Å². The van der Waals surface area contributed by atoms with Crippen LogP contribution in [0.1, 0.15) is 47.5 Å². The Morgan fingerprint density at radius 2 is 1.61 bits per heavy atom. The van der Waals surface area contributed by atoms with Crippen molar-refractivity contribution < 1.29 is 13.2 Å². The van der Waals surface area contributed by atoms with Gasteiger partial charge in [0.1, 0.15) is 0 Å². The molecule has 6 heteroatoms. The van der Waals surface area contributed by atoms with Gasteiger partial charge in [-0.2, -0.15) is 0 Å². The third-order valence-electron chi connectivity index (χ3n) is 4.77. The summed E-state index contributed by atoms with van der Waals surface area (Å²) in [6.07, 6.45) is 3.29. The number of rotatable bonds is 5. The van der Waals surface area contributed by atoms with Crippen LogP contribution in [0.25, 0.3) is 0 Å². The van der Waals surface area contributed by atoms with Crippen molar-refractivity contribution in [3.63, 3.8) is 0 Å². The van der Waals surface area contributed by atoms with E-state index in [-0.39, 0.29) is 11.3 Å². The van der Waals surface area contributed by atoms with Gasteiger partial charge in [0.15, 0.2) is 9.84 Å². The lowest BCUT2D eigenvalue weighted by Gasteiger charge is -2.38. The predicted molar refractivity (Wildman–Crippen MR) is 95.2 cm³/mol.